The Morgan fingerprint density at radius 1 is 1.25 bits per heavy atom. The molecule has 2 atom stereocenters. The summed E-state index contributed by atoms with van der Waals surface area (Å²) in [5.41, 5.74) is 0. The maximum Gasteiger partial charge on any atom is 0.0781 e. The lowest BCUT2D eigenvalue weighted by Gasteiger charge is -2.28. The van der Waals surface area contributed by atoms with Crippen LogP contribution in [0.4, 0.5) is 0 Å². The van der Waals surface area contributed by atoms with Crippen LogP contribution in [-0.2, 0) is 4.84 Å². The molecule has 0 spiro atoms. The molecule has 72 valence electrons. The first-order valence-corrected chi connectivity index (χ1v) is 4.97. The molecule has 2 unspecified atom stereocenters. The predicted octanol–water partition coefficient (Wildman–Crippen LogP) is 2.45. The van der Waals surface area contributed by atoms with Crippen molar-refractivity contribution in [1.82, 2.24) is 5.06 Å². The van der Waals surface area contributed by atoms with E-state index in [1.165, 1.54) is 6.42 Å². The molecule has 0 aromatic carbocycles. The first kappa shape index (κ1) is 10.0. The maximum absolute atomic E-state index is 5.73. The Kier molecular flexibility index (Phi) is 3.13. The van der Waals surface area contributed by atoms with Gasteiger partial charge in [0.2, 0.25) is 0 Å². The standard InChI is InChI=1S/C10H21NO/c1-7(2)10-6-9(5)12-11(10)8(3)4/h7-10H,6H2,1-5H3. The van der Waals surface area contributed by atoms with E-state index in [2.05, 4.69) is 39.7 Å². The van der Waals surface area contributed by atoms with Gasteiger partial charge in [0, 0.05) is 12.1 Å². The smallest absolute Gasteiger partial charge is 0.0781 e. The number of nitrogens with zero attached hydrogens (tertiary/aromatic N) is 1. The number of rotatable bonds is 2. The van der Waals surface area contributed by atoms with Crippen LogP contribution in [0.15, 0.2) is 0 Å². The van der Waals surface area contributed by atoms with Crippen LogP contribution in [0.2, 0.25) is 0 Å². The molecule has 2 heteroatoms. The normalized spacial score (nSPS) is 32.2. The highest BCUT2D eigenvalue weighted by molar-refractivity contribution is 4.79. The Balaban J connectivity index is 2.59. The molecule has 0 saturated carbocycles. The highest BCUT2D eigenvalue weighted by Gasteiger charge is 2.34. The van der Waals surface area contributed by atoms with E-state index in [4.69, 9.17) is 4.84 Å². The Morgan fingerprint density at radius 2 is 1.83 bits per heavy atom. The van der Waals surface area contributed by atoms with Crippen molar-refractivity contribution >= 4 is 0 Å². The molecular formula is C10H21NO. The fraction of sp³-hybridized carbons (Fsp3) is 1.00. The van der Waals surface area contributed by atoms with Crippen LogP contribution < -0.4 is 0 Å². The van der Waals surface area contributed by atoms with Crippen molar-refractivity contribution in [3.05, 3.63) is 0 Å². The first-order chi connectivity index (χ1) is 5.52. The summed E-state index contributed by atoms with van der Waals surface area (Å²) in [7, 11) is 0. The molecule has 0 radical (unpaired) electrons. The van der Waals surface area contributed by atoms with E-state index in [-0.39, 0.29) is 0 Å². The number of hydroxylamine groups is 2. The summed E-state index contributed by atoms with van der Waals surface area (Å²) >= 11 is 0. The molecule has 0 aromatic heterocycles. The van der Waals surface area contributed by atoms with E-state index < -0.39 is 0 Å². The zero-order valence-corrected chi connectivity index (χ0v) is 8.87. The first-order valence-electron chi connectivity index (χ1n) is 4.97. The molecule has 1 heterocycles. The van der Waals surface area contributed by atoms with E-state index in [9.17, 15) is 0 Å². The topological polar surface area (TPSA) is 12.5 Å². The largest absolute Gasteiger partial charge is 0.295 e. The zero-order valence-electron chi connectivity index (χ0n) is 8.87. The molecule has 1 aliphatic rings. The average Bonchev–Trinajstić information content (AvgIpc) is 2.31. The lowest BCUT2D eigenvalue weighted by Crippen LogP contribution is -2.37. The van der Waals surface area contributed by atoms with Gasteiger partial charge in [-0.05, 0) is 33.1 Å². The fourth-order valence-corrected chi connectivity index (χ4v) is 1.84. The van der Waals surface area contributed by atoms with E-state index in [0.717, 1.165) is 0 Å². The van der Waals surface area contributed by atoms with Gasteiger partial charge in [-0.25, -0.2) is 0 Å². The fourth-order valence-electron chi connectivity index (χ4n) is 1.84. The van der Waals surface area contributed by atoms with Crippen molar-refractivity contribution in [2.24, 2.45) is 5.92 Å². The van der Waals surface area contributed by atoms with Crippen LogP contribution >= 0.6 is 0 Å². The molecule has 0 bridgehead atoms. The summed E-state index contributed by atoms with van der Waals surface area (Å²) in [6.45, 7) is 11.1. The monoisotopic (exact) mass is 171 g/mol. The molecule has 2 nitrogen and oxygen atoms in total. The Labute approximate surface area is 75.8 Å². The summed E-state index contributed by atoms with van der Waals surface area (Å²) in [4.78, 5) is 5.73. The molecule has 1 aliphatic heterocycles. The molecule has 0 N–H and O–H groups in total. The third-order valence-corrected chi connectivity index (χ3v) is 2.48. The molecular weight excluding hydrogens is 150 g/mol. The predicted molar refractivity (Wildman–Crippen MR) is 50.8 cm³/mol. The SMILES string of the molecule is CC1CC(C(C)C)N(C(C)C)O1. The molecule has 0 amide bonds. The van der Waals surface area contributed by atoms with E-state index in [1.807, 2.05) is 0 Å². The van der Waals surface area contributed by atoms with Gasteiger partial charge in [-0.3, -0.25) is 4.84 Å². The van der Waals surface area contributed by atoms with Gasteiger partial charge in [-0.1, -0.05) is 13.8 Å². The highest BCUT2D eigenvalue weighted by Crippen LogP contribution is 2.27. The Hall–Kier alpha value is -0.0800. The number of hydrogen-bond donors (Lipinski definition) is 0. The van der Waals surface area contributed by atoms with Crippen LogP contribution in [0.1, 0.15) is 41.0 Å². The third-order valence-electron chi connectivity index (χ3n) is 2.48. The van der Waals surface area contributed by atoms with Crippen molar-refractivity contribution in [2.45, 2.75) is 59.2 Å². The van der Waals surface area contributed by atoms with Crippen LogP contribution in [-0.4, -0.2) is 23.3 Å². The van der Waals surface area contributed by atoms with Gasteiger partial charge in [0.05, 0.1) is 6.10 Å². The van der Waals surface area contributed by atoms with Crippen LogP contribution in [0, 0.1) is 5.92 Å². The quantitative estimate of drug-likeness (QED) is 0.632. The van der Waals surface area contributed by atoms with Gasteiger partial charge in [0.25, 0.3) is 0 Å². The molecule has 0 aromatic rings. The van der Waals surface area contributed by atoms with Gasteiger partial charge in [0.15, 0.2) is 0 Å². The highest BCUT2D eigenvalue weighted by atomic mass is 16.7. The van der Waals surface area contributed by atoms with Crippen molar-refractivity contribution in [1.29, 1.82) is 0 Å². The van der Waals surface area contributed by atoms with Gasteiger partial charge in [0.1, 0.15) is 0 Å². The minimum absolute atomic E-state index is 0.403. The van der Waals surface area contributed by atoms with Crippen LogP contribution in [0.3, 0.4) is 0 Å². The summed E-state index contributed by atoms with van der Waals surface area (Å²) in [5.74, 6) is 0.692. The summed E-state index contributed by atoms with van der Waals surface area (Å²) in [6.07, 6.45) is 1.58. The van der Waals surface area contributed by atoms with Crippen molar-refractivity contribution in [2.75, 3.05) is 0 Å². The zero-order chi connectivity index (χ0) is 9.30. The second-order valence-corrected chi connectivity index (χ2v) is 4.42. The molecule has 1 saturated heterocycles. The van der Waals surface area contributed by atoms with E-state index in [1.54, 1.807) is 0 Å². The molecule has 1 rings (SSSR count). The Morgan fingerprint density at radius 3 is 2.17 bits per heavy atom. The molecule has 0 aliphatic carbocycles. The van der Waals surface area contributed by atoms with Crippen LogP contribution in [0.25, 0.3) is 0 Å². The van der Waals surface area contributed by atoms with E-state index in [0.29, 0.717) is 24.1 Å². The summed E-state index contributed by atoms with van der Waals surface area (Å²) < 4.78 is 0. The van der Waals surface area contributed by atoms with Crippen molar-refractivity contribution < 1.29 is 4.84 Å². The van der Waals surface area contributed by atoms with Crippen molar-refractivity contribution in [3.8, 4) is 0 Å². The van der Waals surface area contributed by atoms with E-state index >= 15 is 0 Å². The Bertz CT molecular complexity index is 129. The third kappa shape index (κ3) is 1.99. The lowest BCUT2D eigenvalue weighted by molar-refractivity contribution is -0.183. The second kappa shape index (κ2) is 3.75. The van der Waals surface area contributed by atoms with Crippen molar-refractivity contribution in [3.63, 3.8) is 0 Å². The minimum Gasteiger partial charge on any atom is -0.295 e. The summed E-state index contributed by atoms with van der Waals surface area (Å²) in [6, 6.07) is 1.11. The average molecular weight is 171 g/mol. The van der Waals surface area contributed by atoms with Crippen LogP contribution in [0.5, 0.6) is 0 Å². The van der Waals surface area contributed by atoms with Gasteiger partial charge < -0.3 is 0 Å². The summed E-state index contributed by atoms with van der Waals surface area (Å²) in [5, 5.41) is 2.16. The lowest BCUT2D eigenvalue weighted by atomic mass is 9.99. The minimum atomic E-state index is 0.403. The maximum atomic E-state index is 5.73. The van der Waals surface area contributed by atoms with Gasteiger partial charge >= 0.3 is 0 Å². The van der Waals surface area contributed by atoms with Gasteiger partial charge in [-0.15, -0.1) is 0 Å². The molecule has 12 heavy (non-hydrogen) atoms. The van der Waals surface area contributed by atoms with Gasteiger partial charge in [-0.2, -0.15) is 5.06 Å². The second-order valence-electron chi connectivity index (χ2n) is 4.42. The molecule has 1 fully saturated rings. The number of hydrogen-bond acceptors (Lipinski definition) is 2.